The first-order chi connectivity index (χ1) is 10.6. The number of benzene rings is 1. The summed E-state index contributed by atoms with van der Waals surface area (Å²) in [5, 5.41) is 0. The smallest absolute Gasteiger partial charge is 0.164 e. The van der Waals surface area contributed by atoms with Gasteiger partial charge in [-0.05, 0) is 38.8 Å². The van der Waals surface area contributed by atoms with Crippen LogP contribution in [0.5, 0.6) is 0 Å². The van der Waals surface area contributed by atoms with Gasteiger partial charge in [0.05, 0.1) is 5.56 Å². The molecule has 0 atom stereocenters. The topological polar surface area (TPSA) is 55.0 Å². The first-order valence-corrected chi connectivity index (χ1v) is 7.67. The van der Waals surface area contributed by atoms with Crippen molar-refractivity contribution in [2.24, 2.45) is 5.73 Å². The van der Waals surface area contributed by atoms with Gasteiger partial charge < -0.3 is 10.6 Å². The lowest BCUT2D eigenvalue weighted by Crippen LogP contribution is -2.40. The second-order valence-corrected chi connectivity index (χ2v) is 5.89. The van der Waals surface area contributed by atoms with Crippen LogP contribution in [0.1, 0.15) is 24.1 Å². The van der Waals surface area contributed by atoms with E-state index in [2.05, 4.69) is 14.9 Å². The van der Waals surface area contributed by atoms with Crippen LogP contribution in [0.25, 0.3) is 11.4 Å². The molecule has 2 heterocycles. The molecule has 0 saturated carbocycles. The summed E-state index contributed by atoms with van der Waals surface area (Å²) in [7, 11) is 0. The van der Waals surface area contributed by atoms with E-state index in [0.29, 0.717) is 11.4 Å². The average molecular weight is 300 g/mol. The Morgan fingerprint density at radius 3 is 2.50 bits per heavy atom. The van der Waals surface area contributed by atoms with Gasteiger partial charge in [0.15, 0.2) is 5.82 Å². The van der Waals surface area contributed by atoms with Crippen molar-refractivity contribution in [2.75, 3.05) is 18.0 Å². The highest BCUT2D eigenvalue weighted by molar-refractivity contribution is 5.61. The molecule has 0 amide bonds. The maximum atomic E-state index is 14.0. The summed E-state index contributed by atoms with van der Waals surface area (Å²) in [5.41, 5.74) is 8.36. The van der Waals surface area contributed by atoms with E-state index in [1.54, 1.807) is 18.2 Å². The number of nitrogens with two attached hydrogens (primary N) is 1. The molecular weight excluding hydrogens is 279 g/mol. The molecule has 1 fully saturated rings. The number of aryl methyl sites for hydroxylation is 1. The summed E-state index contributed by atoms with van der Waals surface area (Å²) in [4.78, 5) is 11.4. The highest BCUT2D eigenvalue weighted by Crippen LogP contribution is 2.27. The number of rotatable bonds is 2. The standard InChI is InChI=1S/C17H21FN4/c1-11-12(2)20-16(14-5-3-4-6-15(14)18)21-17(11)22-9-7-13(19)8-10-22/h3-6,13H,7-10,19H2,1-2H3. The van der Waals surface area contributed by atoms with Crippen LogP contribution in [-0.4, -0.2) is 29.1 Å². The van der Waals surface area contributed by atoms with Gasteiger partial charge in [0.1, 0.15) is 11.6 Å². The van der Waals surface area contributed by atoms with Crippen LogP contribution in [0, 0.1) is 19.7 Å². The fraction of sp³-hybridized carbons (Fsp3) is 0.412. The minimum Gasteiger partial charge on any atom is -0.356 e. The van der Waals surface area contributed by atoms with Gasteiger partial charge in [-0.3, -0.25) is 0 Å². The van der Waals surface area contributed by atoms with E-state index >= 15 is 0 Å². The van der Waals surface area contributed by atoms with Crippen molar-refractivity contribution in [1.29, 1.82) is 0 Å². The molecule has 0 unspecified atom stereocenters. The molecule has 2 N–H and O–H groups in total. The van der Waals surface area contributed by atoms with Gasteiger partial charge in [-0.15, -0.1) is 0 Å². The summed E-state index contributed by atoms with van der Waals surface area (Å²) in [6.07, 6.45) is 1.91. The van der Waals surface area contributed by atoms with Crippen molar-refractivity contribution in [1.82, 2.24) is 9.97 Å². The highest BCUT2D eigenvalue weighted by Gasteiger charge is 2.21. The van der Waals surface area contributed by atoms with Gasteiger partial charge in [0, 0.05) is 30.4 Å². The van der Waals surface area contributed by atoms with Crippen molar-refractivity contribution < 1.29 is 4.39 Å². The van der Waals surface area contributed by atoms with Gasteiger partial charge >= 0.3 is 0 Å². The highest BCUT2D eigenvalue weighted by atomic mass is 19.1. The SMILES string of the molecule is Cc1nc(-c2ccccc2F)nc(N2CCC(N)CC2)c1C. The monoisotopic (exact) mass is 300 g/mol. The second-order valence-electron chi connectivity index (χ2n) is 5.89. The third-order valence-corrected chi connectivity index (χ3v) is 4.32. The van der Waals surface area contributed by atoms with E-state index in [9.17, 15) is 4.39 Å². The minimum atomic E-state index is -0.294. The molecule has 4 nitrogen and oxygen atoms in total. The zero-order valence-corrected chi connectivity index (χ0v) is 13.0. The predicted molar refractivity (Wildman–Crippen MR) is 86.3 cm³/mol. The van der Waals surface area contributed by atoms with E-state index in [1.807, 2.05) is 13.8 Å². The van der Waals surface area contributed by atoms with Crippen LogP contribution in [0.15, 0.2) is 24.3 Å². The summed E-state index contributed by atoms with van der Waals surface area (Å²) in [5.74, 6) is 1.06. The number of anilines is 1. The normalized spacial score (nSPS) is 16.1. The molecule has 3 rings (SSSR count). The van der Waals surface area contributed by atoms with E-state index in [-0.39, 0.29) is 11.9 Å². The molecule has 22 heavy (non-hydrogen) atoms. The third-order valence-electron chi connectivity index (χ3n) is 4.32. The van der Waals surface area contributed by atoms with Gasteiger partial charge in [-0.2, -0.15) is 0 Å². The minimum absolute atomic E-state index is 0.269. The Hall–Kier alpha value is -2.01. The molecule has 1 aliphatic heterocycles. The Kier molecular flexibility index (Phi) is 4.07. The molecule has 2 aromatic rings. The van der Waals surface area contributed by atoms with Gasteiger partial charge in [0.25, 0.3) is 0 Å². The van der Waals surface area contributed by atoms with Crippen LogP contribution in [0.4, 0.5) is 10.2 Å². The van der Waals surface area contributed by atoms with Gasteiger partial charge in [-0.1, -0.05) is 12.1 Å². The van der Waals surface area contributed by atoms with Crippen LogP contribution in [-0.2, 0) is 0 Å². The van der Waals surface area contributed by atoms with Crippen LogP contribution in [0.3, 0.4) is 0 Å². The van der Waals surface area contributed by atoms with Crippen LogP contribution < -0.4 is 10.6 Å². The largest absolute Gasteiger partial charge is 0.356 e. The number of piperidine rings is 1. The quantitative estimate of drug-likeness (QED) is 0.926. The first kappa shape index (κ1) is 14.9. The second kappa shape index (κ2) is 6.01. The lowest BCUT2D eigenvalue weighted by Gasteiger charge is -2.32. The molecular formula is C17H21FN4. The zero-order valence-electron chi connectivity index (χ0n) is 13.0. The molecule has 1 saturated heterocycles. The zero-order chi connectivity index (χ0) is 15.7. The van der Waals surface area contributed by atoms with E-state index in [4.69, 9.17) is 5.73 Å². The lowest BCUT2D eigenvalue weighted by molar-refractivity contribution is 0.498. The maximum absolute atomic E-state index is 14.0. The molecule has 116 valence electrons. The molecule has 1 aromatic heterocycles. The fourth-order valence-electron chi connectivity index (χ4n) is 2.80. The predicted octanol–water partition coefficient (Wildman–Crippen LogP) is 2.83. The first-order valence-electron chi connectivity index (χ1n) is 7.67. The lowest BCUT2D eigenvalue weighted by atomic mass is 10.1. The van der Waals surface area contributed by atoms with Gasteiger partial charge in [0.2, 0.25) is 0 Å². The van der Waals surface area contributed by atoms with Crippen molar-refractivity contribution in [3.8, 4) is 11.4 Å². The Labute approximate surface area is 130 Å². The van der Waals surface area contributed by atoms with Gasteiger partial charge in [-0.25, -0.2) is 14.4 Å². The van der Waals surface area contributed by atoms with Crippen molar-refractivity contribution in [3.05, 3.63) is 41.3 Å². The summed E-state index contributed by atoms with van der Waals surface area (Å²) >= 11 is 0. The number of aromatic nitrogens is 2. The van der Waals surface area contributed by atoms with Crippen molar-refractivity contribution in [3.63, 3.8) is 0 Å². The molecule has 0 bridgehead atoms. The summed E-state index contributed by atoms with van der Waals surface area (Å²) in [6.45, 7) is 5.73. The van der Waals surface area contributed by atoms with Crippen molar-refractivity contribution in [2.45, 2.75) is 32.7 Å². The Balaban J connectivity index is 2.02. The number of hydrogen-bond donors (Lipinski definition) is 1. The summed E-state index contributed by atoms with van der Waals surface area (Å²) < 4.78 is 14.0. The summed E-state index contributed by atoms with van der Waals surface area (Å²) in [6, 6.07) is 6.90. The molecule has 1 aliphatic rings. The molecule has 0 radical (unpaired) electrons. The molecule has 0 spiro atoms. The molecule has 5 heteroatoms. The van der Waals surface area contributed by atoms with E-state index in [0.717, 1.165) is 43.0 Å². The fourth-order valence-corrected chi connectivity index (χ4v) is 2.80. The van der Waals surface area contributed by atoms with E-state index < -0.39 is 0 Å². The Morgan fingerprint density at radius 1 is 1.14 bits per heavy atom. The molecule has 1 aromatic carbocycles. The Morgan fingerprint density at radius 2 is 1.82 bits per heavy atom. The average Bonchev–Trinajstić information content (AvgIpc) is 2.51. The van der Waals surface area contributed by atoms with Crippen LogP contribution >= 0.6 is 0 Å². The maximum Gasteiger partial charge on any atom is 0.164 e. The van der Waals surface area contributed by atoms with Crippen molar-refractivity contribution >= 4 is 5.82 Å². The number of hydrogen-bond acceptors (Lipinski definition) is 4. The number of halogens is 1. The Bertz CT molecular complexity index is 678. The molecule has 0 aliphatic carbocycles. The van der Waals surface area contributed by atoms with Crippen LogP contribution in [0.2, 0.25) is 0 Å². The third kappa shape index (κ3) is 2.81. The van der Waals surface area contributed by atoms with E-state index in [1.165, 1.54) is 6.07 Å². The number of nitrogens with zero attached hydrogens (tertiary/aromatic N) is 3.